The van der Waals surface area contributed by atoms with Crippen molar-refractivity contribution >= 4 is 35.4 Å². The summed E-state index contributed by atoms with van der Waals surface area (Å²) < 4.78 is 23.1. The molecule has 2 N–H and O–H groups in total. The van der Waals surface area contributed by atoms with Gasteiger partial charge in [-0.25, -0.2) is 4.79 Å². The molecular formula is C36H45ClN2O8. The molecule has 2 aromatic rings. The van der Waals surface area contributed by atoms with Crippen molar-refractivity contribution in [1.82, 2.24) is 10.6 Å². The largest absolute Gasteiger partial charge is 0.495 e. The van der Waals surface area contributed by atoms with Crippen LogP contribution in [0.3, 0.4) is 0 Å². The van der Waals surface area contributed by atoms with Gasteiger partial charge in [-0.2, -0.15) is 0 Å². The van der Waals surface area contributed by atoms with Crippen molar-refractivity contribution in [2.45, 2.75) is 84.3 Å². The molecule has 0 aliphatic carbocycles. The second-order valence-corrected chi connectivity index (χ2v) is 13.7. The SMILES string of the molecule is COc1ccc(CC2NC(=O)/C=C/CC([C@H](C)[C@H]3O[C@@H]3c3ccccc3)OC(=O)[C@H](CC(C)C)OC(=O)C(C)(C)CNC2=O)cc1Cl. The fourth-order valence-corrected chi connectivity index (χ4v) is 5.75. The summed E-state index contributed by atoms with van der Waals surface area (Å²) in [5.74, 6) is -2.06. The van der Waals surface area contributed by atoms with Crippen molar-refractivity contribution in [2.24, 2.45) is 17.3 Å². The molecule has 11 heteroatoms. The number of ether oxygens (including phenoxy) is 4. The normalized spacial score (nSPS) is 26.8. The number of methoxy groups -OCH3 is 1. The standard InChI is InChI=1S/C36H45ClN2O8/c1-21(2)17-29-34(42)45-27(22(3)31-32(47-31)24-11-8-7-9-12-24)13-10-14-30(40)39-26(19-23-15-16-28(44-6)25(37)18-23)33(41)38-20-36(4,5)35(43)46-29/h7-12,14-16,18,21-22,26-27,29,31-32H,13,17,19-20H2,1-6H3,(H,38,41)(H,39,40)/b14-10+/t22-,26?,27?,29-,31+,32+/m0/s1. The number of hydrogen-bond donors (Lipinski definition) is 2. The van der Waals surface area contributed by atoms with Gasteiger partial charge in [0.25, 0.3) is 0 Å². The number of carbonyl (C=O) groups is 4. The van der Waals surface area contributed by atoms with Crippen LogP contribution < -0.4 is 15.4 Å². The molecule has 6 atom stereocenters. The fraction of sp³-hybridized carbons (Fsp3) is 0.500. The number of hydrogen-bond acceptors (Lipinski definition) is 8. The van der Waals surface area contributed by atoms with Crippen LogP contribution in [0, 0.1) is 17.3 Å². The zero-order chi connectivity index (χ0) is 34.3. The third-order valence-electron chi connectivity index (χ3n) is 8.41. The monoisotopic (exact) mass is 668 g/mol. The summed E-state index contributed by atoms with van der Waals surface area (Å²) in [5.41, 5.74) is 0.524. The number of cyclic esters (lactones) is 2. The lowest BCUT2D eigenvalue weighted by Crippen LogP contribution is -2.51. The highest BCUT2D eigenvalue weighted by Crippen LogP contribution is 2.45. The number of carbonyl (C=O) groups excluding carboxylic acids is 4. The summed E-state index contributed by atoms with van der Waals surface area (Å²) in [5, 5.41) is 5.91. The molecule has 2 aliphatic heterocycles. The molecule has 2 aliphatic rings. The second kappa shape index (κ2) is 15.8. The molecule has 0 aromatic heterocycles. The molecule has 1 fully saturated rings. The minimum Gasteiger partial charge on any atom is -0.495 e. The van der Waals surface area contributed by atoms with Gasteiger partial charge in [0.15, 0.2) is 6.10 Å². The molecule has 0 radical (unpaired) electrons. The number of benzene rings is 2. The van der Waals surface area contributed by atoms with E-state index < -0.39 is 47.4 Å². The molecule has 0 saturated carbocycles. The van der Waals surface area contributed by atoms with Crippen molar-refractivity contribution in [3.05, 3.63) is 76.8 Å². The molecule has 2 heterocycles. The van der Waals surface area contributed by atoms with Crippen molar-refractivity contribution in [1.29, 1.82) is 0 Å². The first-order chi connectivity index (χ1) is 22.3. The molecule has 4 rings (SSSR count). The van der Waals surface area contributed by atoms with E-state index in [1.165, 1.54) is 13.2 Å². The van der Waals surface area contributed by atoms with Crippen LogP contribution in [0.25, 0.3) is 0 Å². The number of nitrogens with one attached hydrogen (secondary N) is 2. The van der Waals surface area contributed by atoms with Crippen LogP contribution in [0.4, 0.5) is 0 Å². The molecule has 2 aromatic carbocycles. The van der Waals surface area contributed by atoms with Crippen LogP contribution in [0.15, 0.2) is 60.7 Å². The summed E-state index contributed by atoms with van der Waals surface area (Å²) in [6, 6.07) is 13.9. The van der Waals surface area contributed by atoms with Gasteiger partial charge < -0.3 is 29.6 Å². The van der Waals surface area contributed by atoms with Crippen molar-refractivity contribution < 1.29 is 38.1 Å². The van der Waals surface area contributed by atoms with Crippen LogP contribution in [0.2, 0.25) is 5.02 Å². The van der Waals surface area contributed by atoms with E-state index in [-0.39, 0.29) is 49.9 Å². The topological polar surface area (TPSA) is 133 Å². The molecular weight excluding hydrogens is 624 g/mol. The maximum Gasteiger partial charge on any atom is 0.347 e. The minimum absolute atomic E-state index is 0.0228. The van der Waals surface area contributed by atoms with Crippen molar-refractivity contribution in [3.8, 4) is 5.75 Å². The number of halogens is 1. The molecule has 0 bridgehead atoms. The first kappa shape index (κ1) is 36.0. The van der Waals surface area contributed by atoms with Crippen LogP contribution in [-0.4, -0.2) is 61.8 Å². The third kappa shape index (κ3) is 9.81. The maximum absolute atomic E-state index is 13.6. The Kier molecular flexibility index (Phi) is 12.1. The molecule has 254 valence electrons. The van der Waals surface area contributed by atoms with E-state index in [1.54, 1.807) is 38.1 Å². The fourth-order valence-electron chi connectivity index (χ4n) is 5.46. The smallest absolute Gasteiger partial charge is 0.347 e. The predicted octanol–water partition coefficient (Wildman–Crippen LogP) is 5.12. The Hall–Kier alpha value is -3.89. The summed E-state index contributed by atoms with van der Waals surface area (Å²) >= 11 is 6.32. The van der Waals surface area contributed by atoms with Crippen LogP contribution in [0.1, 0.15) is 64.7 Å². The highest BCUT2D eigenvalue weighted by molar-refractivity contribution is 6.32. The first-order valence-corrected chi connectivity index (χ1v) is 16.4. The van der Waals surface area contributed by atoms with Crippen molar-refractivity contribution in [2.75, 3.05) is 13.7 Å². The molecule has 47 heavy (non-hydrogen) atoms. The van der Waals surface area contributed by atoms with E-state index in [9.17, 15) is 19.2 Å². The number of epoxide rings is 1. The minimum atomic E-state index is -1.20. The lowest BCUT2D eigenvalue weighted by molar-refractivity contribution is -0.179. The molecule has 2 amide bonds. The van der Waals surface area contributed by atoms with E-state index >= 15 is 0 Å². The molecule has 1 saturated heterocycles. The third-order valence-corrected chi connectivity index (χ3v) is 8.70. The number of amides is 2. The summed E-state index contributed by atoms with van der Waals surface area (Å²) in [6.07, 6.45) is 1.34. The summed E-state index contributed by atoms with van der Waals surface area (Å²) in [6.45, 7) is 8.92. The summed E-state index contributed by atoms with van der Waals surface area (Å²) in [7, 11) is 1.51. The van der Waals surface area contributed by atoms with E-state index in [0.717, 1.165) is 5.56 Å². The van der Waals surface area contributed by atoms with Gasteiger partial charge in [-0.1, -0.05) is 74.8 Å². The number of rotatable bonds is 8. The Morgan fingerprint density at radius 1 is 1.02 bits per heavy atom. The van der Waals surface area contributed by atoms with Gasteiger partial charge in [0.05, 0.1) is 23.7 Å². The van der Waals surface area contributed by atoms with E-state index in [4.69, 9.17) is 30.5 Å². The van der Waals surface area contributed by atoms with Gasteiger partial charge >= 0.3 is 11.9 Å². The van der Waals surface area contributed by atoms with E-state index in [2.05, 4.69) is 10.6 Å². The highest BCUT2D eigenvalue weighted by Gasteiger charge is 2.48. The van der Waals surface area contributed by atoms with Crippen LogP contribution in [-0.2, 0) is 39.8 Å². The van der Waals surface area contributed by atoms with Gasteiger partial charge in [-0.15, -0.1) is 0 Å². The summed E-state index contributed by atoms with van der Waals surface area (Å²) in [4.78, 5) is 53.6. The zero-order valence-electron chi connectivity index (χ0n) is 27.8. The molecule has 0 spiro atoms. The quantitative estimate of drug-likeness (QED) is 0.293. The van der Waals surface area contributed by atoms with Crippen LogP contribution in [0.5, 0.6) is 5.75 Å². The Balaban J connectivity index is 1.61. The Morgan fingerprint density at radius 2 is 1.74 bits per heavy atom. The van der Waals surface area contributed by atoms with Gasteiger partial charge in [0.1, 0.15) is 24.0 Å². The van der Waals surface area contributed by atoms with Gasteiger partial charge in [0, 0.05) is 25.3 Å². The van der Waals surface area contributed by atoms with E-state index in [0.29, 0.717) is 16.3 Å². The van der Waals surface area contributed by atoms with Gasteiger partial charge in [0.2, 0.25) is 11.8 Å². The second-order valence-electron chi connectivity index (χ2n) is 13.3. The lowest BCUT2D eigenvalue weighted by atomic mass is 9.92. The zero-order valence-corrected chi connectivity index (χ0v) is 28.5. The van der Waals surface area contributed by atoms with Crippen LogP contribution >= 0.6 is 11.6 Å². The highest BCUT2D eigenvalue weighted by atomic mass is 35.5. The molecule has 2 unspecified atom stereocenters. The van der Waals surface area contributed by atoms with Crippen molar-refractivity contribution in [3.63, 3.8) is 0 Å². The first-order valence-electron chi connectivity index (χ1n) is 16.0. The molecule has 10 nitrogen and oxygen atoms in total. The average Bonchev–Trinajstić information content (AvgIpc) is 3.83. The Bertz CT molecular complexity index is 1460. The average molecular weight is 669 g/mol. The van der Waals surface area contributed by atoms with Gasteiger partial charge in [-0.05, 0) is 55.5 Å². The Morgan fingerprint density at radius 3 is 2.40 bits per heavy atom. The van der Waals surface area contributed by atoms with Gasteiger partial charge in [-0.3, -0.25) is 14.4 Å². The Labute approximate surface area is 281 Å². The number of esters is 2. The predicted molar refractivity (Wildman–Crippen MR) is 177 cm³/mol. The maximum atomic E-state index is 13.6. The lowest BCUT2D eigenvalue weighted by Gasteiger charge is -2.29. The van der Waals surface area contributed by atoms with E-state index in [1.807, 2.05) is 51.1 Å².